The van der Waals surface area contributed by atoms with Gasteiger partial charge in [0.1, 0.15) is 5.92 Å². The number of rotatable bonds is 3. The number of fused-ring (bicyclic) bond motifs is 1. The normalized spacial score (nSPS) is 21.3. The highest BCUT2D eigenvalue weighted by atomic mass is 16.3. The second-order valence-electron chi connectivity index (χ2n) is 5.82. The second kappa shape index (κ2) is 6.34. The Kier molecular flexibility index (Phi) is 4.26. The zero-order valence-electron chi connectivity index (χ0n) is 13.3. The molecule has 2 atom stereocenters. The summed E-state index contributed by atoms with van der Waals surface area (Å²) in [4.78, 5) is 18.8. The minimum absolute atomic E-state index is 0.120. The summed E-state index contributed by atoms with van der Waals surface area (Å²) < 4.78 is 0. The molecule has 0 saturated heterocycles. The van der Waals surface area contributed by atoms with Gasteiger partial charge in [-0.3, -0.25) is 9.79 Å². The predicted octanol–water partition coefficient (Wildman–Crippen LogP) is 2.97. The second-order valence-corrected chi connectivity index (χ2v) is 5.82. The van der Waals surface area contributed by atoms with E-state index in [-0.39, 0.29) is 5.91 Å². The Labute approximate surface area is 136 Å². The first-order valence-corrected chi connectivity index (χ1v) is 7.69. The third-order valence-electron chi connectivity index (χ3n) is 4.33. The largest absolute Gasteiger partial charge is 0.387 e. The number of carbonyl (C=O) groups is 1. The topological polar surface area (TPSA) is 52.9 Å². The lowest BCUT2D eigenvalue weighted by atomic mass is 9.86. The maximum absolute atomic E-state index is 12.6. The molecule has 0 aromatic heterocycles. The Morgan fingerprint density at radius 1 is 1.13 bits per heavy atom. The van der Waals surface area contributed by atoms with E-state index in [0.29, 0.717) is 12.3 Å². The van der Waals surface area contributed by atoms with Crippen LogP contribution in [-0.4, -0.2) is 23.8 Å². The number of aliphatic hydroxyl groups excluding tert-OH is 1. The average Bonchev–Trinajstić information content (AvgIpc) is 2.59. The summed E-state index contributed by atoms with van der Waals surface area (Å²) in [6.45, 7) is 2.32. The van der Waals surface area contributed by atoms with E-state index in [9.17, 15) is 9.90 Å². The lowest BCUT2D eigenvalue weighted by Gasteiger charge is -2.35. The smallest absolute Gasteiger partial charge is 0.238 e. The third-order valence-corrected chi connectivity index (χ3v) is 4.33. The highest BCUT2D eigenvalue weighted by molar-refractivity contribution is 6.11. The molecule has 1 N–H and O–H groups in total. The van der Waals surface area contributed by atoms with Crippen LogP contribution in [0.3, 0.4) is 0 Å². The van der Waals surface area contributed by atoms with Gasteiger partial charge in [-0.2, -0.15) is 0 Å². The van der Waals surface area contributed by atoms with Crippen LogP contribution in [0.15, 0.2) is 59.6 Å². The van der Waals surface area contributed by atoms with Crippen molar-refractivity contribution in [2.24, 2.45) is 10.9 Å². The quantitative estimate of drug-likeness (QED) is 0.886. The van der Waals surface area contributed by atoms with Crippen LogP contribution in [0.2, 0.25) is 0 Å². The average molecular weight is 308 g/mol. The summed E-state index contributed by atoms with van der Waals surface area (Å²) in [6.07, 6.45) is -0.852. The zero-order chi connectivity index (χ0) is 16.4. The number of benzene rings is 2. The zero-order valence-corrected chi connectivity index (χ0v) is 13.3. The van der Waals surface area contributed by atoms with Crippen LogP contribution in [0.5, 0.6) is 0 Å². The molecule has 0 saturated carbocycles. The molecule has 1 amide bonds. The fourth-order valence-electron chi connectivity index (χ4n) is 2.99. The number of hydrogen-bond donors (Lipinski definition) is 1. The van der Waals surface area contributed by atoms with Gasteiger partial charge in [0, 0.05) is 24.0 Å². The van der Waals surface area contributed by atoms with Gasteiger partial charge in [0.2, 0.25) is 5.91 Å². The van der Waals surface area contributed by atoms with Gasteiger partial charge in [-0.1, -0.05) is 48.5 Å². The van der Waals surface area contributed by atoms with Crippen molar-refractivity contribution in [1.29, 1.82) is 0 Å². The van der Waals surface area contributed by atoms with Gasteiger partial charge in [0.15, 0.2) is 0 Å². The van der Waals surface area contributed by atoms with Crippen LogP contribution in [-0.2, 0) is 11.3 Å². The fraction of sp³-hybridized carbons (Fsp3) is 0.263. The molecule has 0 aliphatic carbocycles. The molecule has 4 nitrogen and oxygen atoms in total. The molecular weight excluding hydrogens is 288 g/mol. The van der Waals surface area contributed by atoms with Crippen molar-refractivity contribution in [2.75, 3.05) is 11.9 Å². The number of aliphatic imine (C=N–C) groups is 1. The van der Waals surface area contributed by atoms with E-state index < -0.39 is 12.0 Å². The SMILES string of the molecule is CC(=NCc1ccccc1)C1C(=O)N(C)c2ccccc2C1O. The molecular formula is C19H20N2O2. The van der Waals surface area contributed by atoms with Crippen molar-refractivity contribution >= 4 is 17.3 Å². The van der Waals surface area contributed by atoms with E-state index in [0.717, 1.165) is 16.8 Å². The van der Waals surface area contributed by atoms with Gasteiger partial charge < -0.3 is 10.0 Å². The minimum atomic E-state index is -0.852. The Morgan fingerprint density at radius 2 is 1.78 bits per heavy atom. The number of nitrogens with zero attached hydrogens (tertiary/aromatic N) is 2. The van der Waals surface area contributed by atoms with Crippen molar-refractivity contribution in [1.82, 2.24) is 0 Å². The standard InChI is InChI=1S/C19H20N2O2/c1-13(20-12-14-8-4-3-5-9-14)17-18(22)15-10-6-7-11-16(15)21(2)19(17)23/h3-11,17-18,22H,12H2,1-2H3. The van der Waals surface area contributed by atoms with E-state index in [1.165, 1.54) is 0 Å². The third kappa shape index (κ3) is 2.90. The molecule has 0 radical (unpaired) electrons. The van der Waals surface area contributed by atoms with E-state index in [4.69, 9.17) is 0 Å². The van der Waals surface area contributed by atoms with Gasteiger partial charge in [0.25, 0.3) is 0 Å². The predicted molar refractivity (Wildman–Crippen MR) is 91.6 cm³/mol. The van der Waals surface area contributed by atoms with Crippen LogP contribution in [0.1, 0.15) is 24.2 Å². The van der Waals surface area contributed by atoms with Crippen molar-refractivity contribution in [3.05, 3.63) is 65.7 Å². The Balaban J connectivity index is 1.88. The molecule has 2 aromatic rings. The number of hydrogen-bond acceptors (Lipinski definition) is 3. The number of para-hydroxylation sites is 1. The summed E-state index contributed by atoms with van der Waals surface area (Å²) in [5.41, 5.74) is 3.28. The van der Waals surface area contributed by atoms with Gasteiger partial charge in [-0.15, -0.1) is 0 Å². The summed E-state index contributed by atoms with van der Waals surface area (Å²) in [5.74, 6) is -0.746. The number of amides is 1. The first-order chi connectivity index (χ1) is 11.1. The Bertz CT molecular complexity index is 740. The molecule has 23 heavy (non-hydrogen) atoms. The molecule has 0 fully saturated rings. The molecule has 2 unspecified atom stereocenters. The van der Waals surface area contributed by atoms with Crippen LogP contribution >= 0.6 is 0 Å². The molecule has 4 heteroatoms. The molecule has 0 spiro atoms. The fourth-order valence-corrected chi connectivity index (χ4v) is 2.99. The number of aliphatic hydroxyl groups is 1. The molecule has 1 aliphatic heterocycles. The van der Waals surface area contributed by atoms with Gasteiger partial charge >= 0.3 is 0 Å². The molecule has 3 rings (SSSR count). The van der Waals surface area contributed by atoms with Gasteiger partial charge in [-0.05, 0) is 18.6 Å². The maximum atomic E-state index is 12.6. The van der Waals surface area contributed by atoms with Crippen molar-refractivity contribution < 1.29 is 9.90 Å². The molecule has 118 valence electrons. The minimum Gasteiger partial charge on any atom is -0.387 e. The van der Waals surface area contributed by atoms with E-state index in [1.807, 2.05) is 61.5 Å². The van der Waals surface area contributed by atoms with Gasteiger partial charge in [-0.25, -0.2) is 0 Å². The lowest BCUT2D eigenvalue weighted by Crippen LogP contribution is -2.44. The highest BCUT2D eigenvalue weighted by Gasteiger charge is 2.39. The van der Waals surface area contributed by atoms with Crippen LogP contribution in [0, 0.1) is 5.92 Å². The monoisotopic (exact) mass is 308 g/mol. The van der Waals surface area contributed by atoms with Crippen molar-refractivity contribution in [3.8, 4) is 0 Å². The highest BCUT2D eigenvalue weighted by Crippen LogP contribution is 2.37. The molecule has 1 heterocycles. The van der Waals surface area contributed by atoms with Gasteiger partial charge in [0.05, 0.1) is 12.6 Å². The lowest BCUT2D eigenvalue weighted by molar-refractivity contribution is -0.123. The van der Waals surface area contributed by atoms with E-state index >= 15 is 0 Å². The van der Waals surface area contributed by atoms with Crippen LogP contribution < -0.4 is 4.90 Å². The Morgan fingerprint density at radius 3 is 2.52 bits per heavy atom. The summed E-state index contributed by atoms with van der Waals surface area (Å²) >= 11 is 0. The molecule has 2 aromatic carbocycles. The Hall–Kier alpha value is -2.46. The van der Waals surface area contributed by atoms with Crippen LogP contribution in [0.4, 0.5) is 5.69 Å². The van der Waals surface area contributed by atoms with Crippen LogP contribution in [0.25, 0.3) is 0 Å². The summed E-state index contributed by atoms with van der Waals surface area (Å²) in [5, 5.41) is 10.6. The summed E-state index contributed by atoms with van der Waals surface area (Å²) in [7, 11) is 1.74. The maximum Gasteiger partial charge on any atom is 0.238 e. The number of anilines is 1. The van der Waals surface area contributed by atoms with E-state index in [1.54, 1.807) is 11.9 Å². The molecule has 0 bridgehead atoms. The first kappa shape index (κ1) is 15.4. The first-order valence-electron chi connectivity index (χ1n) is 7.69. The van der Waals surface area contributed by atoms with E-state index in [2.05, 4.69) is 4.99 Å². The molecule has 1 aliphatic rings. The van der Waals surface area contributed by atoms with Crippen molar-refractivity contribution in [3.63, 3.8) is 0 Å². The number of carbonyl (C=O) groups excluding carboxylic acids is 1. The van der Waals surface area contributed by atoms with Crippen molar-refractivity contribution in [2.45, 2.75) is 19.6 Å². The summed E-state index contributed by atoms with van der Waals surface area (Å²) in [6, 6.07) is 17.3.